The number of para-hydroxylation sites is 4. The molecule has 0 aliphatic carbocycles. The number of fused-ring (bicyclic) bond motifs is 2. The van der Waals surface area contributed by atoms with E-state index in [0.29, 0.717) is 16.4 Å². The van der Waals surface area contributed by atoms with Crippen molar-refractivity contribution in [3.05, 3.63) is 140 Å². The van der Waals surface area contributed by atoms with Crippen LogP contribution >= 0.6 is 22.7 Å². The molecule has 6 heterocycles. The molecular formula is C36H26N8OS2. The molecule has 3 aromatic carbocycles. The summed E-state index contributed by atoms with van der Waals surface area (Å²) in [5.74, 6) is 0.841. The van der Waals surface area contributed by atoms with Gasteiger partial charge in [-0.3, -0.25) is 4.57 Å². The maximum absolute atomic E-state index is 11.1. The Hall–Kier alpha value is -5.65. The maximum atomic E-state index is 11.1. The fourth-order valence-corrected chi connectivity index (χ4v) is 7.91. The van der Waals surface area contributed by atoms with Gasteiger partial charge in [0.25, 0.3) is 0 Å². The van der Waals surface area contributed by atoms with E-state index < -0.39 is 0 Å². The van der Waals surface area contributed by atoms with Gasteiger partial charge in [-0.2, -0.15) is 15.2 Å². The first-order valence-electron chi connectivity index (χ1n) is 15.2. The molecule has 0 saturated carbocycles. The van der Waals surface area contributed by atoms with Crippen LogP contribution in [0.2, 0.25) is 0 Å². The van der Waals surface area contributed by atoms with E-state index >= 15 is 0 Å². The lowest BCUT2D eigenvalue weighted by molar-refractivity contribution is 0.455. The highest BCUT2D eigenvalue weighted by Crippen LogP contribution is 2.45. The molecule has 47 heavy (non-hydrogen) atoms. The van der Waals surface area contributed by atoms with E-state index in [1.807, 2.05) is 102 Å². The molecule has 1 N–H and O–H groups in total. The second kappa shape index (κ2) is 11.0. The zero-order valence-corrected chi connectivity index (χ0v) is 26.7. The summed E-state index contributed by atoms with van der Waals surface area (Å²) in [6, 6.07) is 30.1. The smallest absolute Gasteiger partial charge is 0.231 e. The van der Waals surface area contributed by atoms with Crippen molar-refractivity contribution in [2.75, 3.05) is 5.01 Å². The second-order valence-corrected chi connectivity index (χ2v) is 13.3. The van der Waals surface area contributed by atoms with Crippen LogP contribution in [0.15, 0.2) is 118 Å². The van der Waals surface area contributed by atoms with Gasteiger partial charge in [0.1, 0.15) is 12.1 Å². The van der Waals surface area contributed by atoms with E-state index in [2.05, 4.69) is 39.2 Å². The molecule has 11 heteroatoms. The van der Waals surface area contributed by atoms with Crippen LogP contribution in [0.25, 0.3) is 34.7 Å². The number of hydrogen-bond acceptors (Lipinski definition) is 9. The number of imidazole rings is 1. The Balaban J connectivity index is 1.21. The van der Waals surface area contributed by atoms with Crippen molar-refractivity contribution in [1.82, 2.24) is 24.3 Å². The van der Waals surface area contributed by atoms with E-state index in [0.717, 1.165) is 60.7 Å². The van der Waals surface area contributed by atoms with Crippen LogP contribution in [0, 0.1) is 6.92 Å². The second-order valence-electron chi connectivity index (χ2n) is 11.3. The molecule has 1 atom stereocenters. The third-order valence-electron chi connectivity index (χ3n) is 8.40. The summed E-state index contributed by atoms with van der Waals surface area (Å²) >= 11 is 3.06. The van der Waals surface area contributed by atoms with Gasteiger partial charge in [-0.1, -0.05) is 65.9 Å². The fourth-order valence-electron chi connectivity index (χ4n) is 6.28. The van der Waals surface area contributed by atoms with Crippen molar-refractivity contribution in [1.29, 1.82) is 0 Å². The molecule has 9 nitrogen and oxygen atoms in total. The van der Waals surface area contributed by atoms with Gasteiger partial charge in [-0.05, 0) is 60.9 Å². The summed E-state index contributed by atoms with van der Waals surface area (Å²) in [4.78, 5) is 15.8. The Morgan fingerprint density at radius 3 is 2.62 bits per heavy atom. The minimum absolute atomic E-state index is 0.0480. The molecule has 0 fully saturated rings. The van der Waals surface area contributed by atoms with Gasteiger partial charge < -0.3 is 5.11 Å². The zero-order valence-electron chi connectivity index (χ0n) is 25.1. The van der Waals surface area contributed by atoms with Crippen LogP contribution in [0.5, 0.6) is 5.88 Å². The number of hydrogen-bond donors (Lipinski definition) is 1. The minimum Gasteiger partial charge on any atom is -0.492 e. The zero-order chi connectivity index (χ0) is 31.5. The third-order valence-corrected chi connectivity index (χ3v) is 10.3. The standard InChI is InChI=1S/C36H26N8OS2/c1-22-33(35(43(40-22)25-11-3-2-4-12-25)42-21-37-27-14-7-8-15-29(27)42)30-20-28(31-16-9-17-46-31)41-44(30)36-39-34(45)32(47-36)19-24-18-23-10-5-6-13-26(23)38-24/h2-19,21,30,45H,20H2,1H3/b24-19-. The highest BCUT2D eigenvalue weighted by atomic mass is 32.1. The Morgan fingerprint density at radius 1 is 0.936 bits per heavy atom. The Labute approximate surface area is 277 Å². The lowest BCUT2D eigenvalue weighted by Crippen LogP contribution is -2.20. The molecule has 228 valence electrons. The quantitative estimate of drug-likeness (QED) is 0.220. The molecule has 4 aromatic heterocycles. The number of hydrazone groups is 1. The first-order chi connectivity index (χ1) is 23.1. The molecule has 0 radical (unpaired) electrons. The first kappa shape index (κ1) is 27.6. The van der Waals surface area contributed by atoms with Crippen molar-refractivity contribution in [3.8, 4) is 17.4 Å². The number of thiophene rings is 1. The molecule has 2 aliphatic rings. The highest BCUT2D eigenvalue weighted by Gasteiger charge is 2.38. The number of aryl methyl sites for hydroxylation is 1. The molecule has 0 spiro atoms. The van der Waals surface area contributed by atoms with Gasteiger partial charge >= 0.3 is 0 Å². The Morgan fingerprint density at radius 2 is 1.77 bits per heavy atom. The minimum atomic E-state index is -0.251. The van der Waals surface area contributed by atoms with Gasteiger partial charge in [0.2, 0.25) is 11.0 Å². The van der Waals surface area contributed by atoms with E-state index in [1.54, 1.807) is 11.3 Å². The lowest BCUT2D eigenvalue weighted by atomic mass is 10.0. The van der Waals surface area contributed by atoms with Crippen molar-refractivity contribution in [2.24, 2.45) is 10.1 Å². The van der Waals surface area contributed by atoms with Gasteiger partial charge in [-0.25, -0.2) is 19.7 Å². The summed E-state index contributed by atoms with van der Waals surface area (Å²) in [5.41, 5.74) is 6.43. The van der Waals surface area contributed by atoms with Crippen LogP contribution in [0.4, 0.5) is 5.13 Å². The van der Waals surface area contributed by atoms with E-state index in [4.69, 9.17) is 20.2 Å². The van der Waals surface area contributed by atoms with Crippen molar-refractivity contribution in [3.63, 3.8) is 0 Å². The van der Waals surface area contributed by atoms with Crippen LogP contribution in [-0.4, -0.2) is 35.1 Å². The van der Waals surface area contributed by atoms with Crippen LogP contribution in [0.1, 0.15) is 33.5 Å². The number of rotatable bonds is 6. The average Bonchev–Trinajstić information content (AvgIpc) is 3.94. The van der Waals surface area contributed by atoms with Crippen molar-refractivity contribution in [2.45, 2.75) is 19.4 Å². The van der Waals surface area contributed by atoms with Gasteiger partial charge in [0.05, 0.1) is 55.0 Å². The average molecular weight is 651 g/mol. The summed E-state index contributed by atoms with van der Waals surface area (Å²) in [6.07, 6.45) is 6.40. The number of allylic oxidation sites excluding steroid dienone is 1. The topological polar surface area (TPSA) is 96.7 Å². The molecule has 0 amide bonds. The predicted molar refractivity (Wildman–Crippen MR) is 187 cm³/mol. The largest absolute Gasteiger partial charge is 0.492 e. The molecule has 1 unspecified atom stereocenters. The molecule has 2 aliphatic heterocycles. The lowest BCUT2D eigenvalue weighted by Gasteiger charge is -2.22. The number of aromatic hydroxyl groups is 1. The summed E-state index contributed by atoms with van der Waals surface area (Å²) in [6.45, 7) is 2.04. The Bertz CT molecular complexity index is 2450. The first-order valence-corrected chi connectivity index (χ1v) is 16.9. The van der Waals surface area contributed by atoms with Gasteiger partial charge in [0, 0.05) is 17.2 Å². The normalized spacial score (nSPS) is 16.4. The van der Waals surface area contributed by atoms with Crippen LogP contribution in [-0.2, 0) is 0 Å². The number of aromatic nitrogens is 5. The number of nitrogens with zero attached hydrogens (tertiary/aromatic N) is 8. The van der Waals surface area contributed by atoms with Crippen molar-refractivity contribution < 1.29 is 5.11 Å². The number of benzene rings is 3. The SMILES string of the molecule is Cc1nn(-c2ccccc2)c(-n2cnc3ccccc32)c1C1CC(c2cccs2)=NN1c1nc(O)c(/C=C2/C=c3ccccc3=N2)s1. The predicted octanol–water partition coefficient (Wildman–Crippen LogP) is 6.55. The molecule has 9 rings (SSSR count). The third kappa shape index (κ3) is 4.70. The van der Waals surface area contributed by atoms with E-state index in [9.17, 15) is 5.11 Å². The van der Waals surface area contributed by atoms with Crippen molar-refractivity contribution >= 4 is 56.7 Å². The summed E-state index contributed by atoms with van der Waals surface area (Å²) in [7, 11) is 0. The summed E-state index contributed by atoms with van der Waals surface area (Å²) in [5, 5.41) is 28.0. The van der Waals surface area contributed by atoms with Crippen LogP contribution < -0.4 is 15.6 Å². The number of anilines is 1. The fraction of sp³-hybridized carbons (Fsp3) is 0.0833. The molecule has 7 aromatic rings. The van der Waals surface area contributed by atoms with Gasteiger partial charge in [-0.15, -0.1) is 11.3 Å². The van der Waals surface area contributed by atoms with E-state index in [-0.39, 0.29) is 11.9 Å². The molecule has 0 saturated heterocycles. The summed E-state index contributed by atoms with van der Waals surface area (Å²) < 4.78 is 4.10. The van der Waals surface area contributed by atoms with Gasteiger partial charge in [0.15, 0.2) is 0 Å². The monoisotopic (exact) mass is 650 g/mol. The Kier molecular flexibility index (Phi) is 6.47. The maximum Gasteiger partial charge on any atom is 0.231 e. The molecular weight excluding hydrogens is 625 g/mol. The number of thiazole rings is 1. The van der Waals surface area contributed by atoms with Crippen LogP contribution in [0.3, 0.4) is 0 Å². The highest BCUT2D eigenvalue weighted by molar-refractivity contribution is 7.16. The molecule has 0 bridgehead atoms. The van der Waals surface area contributed by atoms with E-state index in [1.165, 1.54) is 11.3 Å².